The third kappa shape index (κ3) is 2.48. The molecule has 0 spiro atoms. The number of nitrogens with zero attached hydrogens (tertiary/aromatic N) is 2. The van der Waals surface area contributed by atoms with Gasteiger partial charge in [0.25, 0.3) is 5.91 Å². The molecule has 18 heavy (non-hydrogen) atoms. The van der Waals surface area contributed by atoms with Crippen LogP contribution in [0.3, 0.4) is 0 Å². The van der Waals surface area contributed by atoms with E-state index in [1.807, 2.05) is 6.92 Å². The lowest BCUT2D eigenvalue weighted by atomic mass is 10.2. The number of carbonyl (C=O) groups is 2. The molecule has 1 aliphatic heterocycles. The van der Waals surface area contributed by atoms with Gasteiger partial charge in [-0.1, -0.05) is 0 Å². The molecule has 0 radical (unpaired) electrons. The first kappa shape index (κ1) is 12.5. The van der Waals surface area contributed by atoms with Crippen LogP contribution in [0.4, 0.5) is 0 Å². The Morgan fingerprint density at radius 3 is 2.83 bits per heavy atom. The number of morpholine rings is 1. The Balaban J connectivity index is 2.15. The van der Waals surface area contributed by atoms with Crippen LogP contribution in [-0.4, -0.2) is 52.7 Å². The van der Waals surface area contributed by atoms with Crippen molar-refractivity contribution in [2.45, 2.75) is 13.0 Å². The molecule has 1 saturated heterocycles. The molecule has 1 fully saturated rings. The smallest absolute Gasteiger partial charge is 0.354 e. The van der Waals surface area contributed by atoms with Crippen molar-refractivity contribution in [1.82, 2.24) is 9.88 Å². The predicted molar refractivity (Wildman–Crippen MR) is 62.5 cm³/mol. The fourth-order valence-corrected chi connectivity index (χ4v) is 1.84. The zero-order valence-electron chi connectivity index (χ0n) is 10.00. The number of carboxylic acids is 1. The zero-order chi connectivity index (χ0) is 13.1. The summed E-state index contributed by atoms with van der Waals surface area (Å²) in [6, 6.07) is 2.84. The second-order valence-corrected chi connectivity index (χ2v) is 4.16. The average Bonchev–Trinajstić information content (AvgIpc) is 2.38. The van der Waals surface area contributed by atoms with E-state index in [0.717, 1.165) is 0 Å². The number of amides is 1. The second-order valence-electron chi connectivity index (χ2n) is 4.16. The first-order chi connectivity index (χ1) is 8.59. The van der Waals surface area contributed by atoms with Crippen LogP contribution in [0.15, 0.2) is 18.3 Å². The van der Waals surface area contributed by atoms with E-state index in [9.17, 15) is 9.59 Å². The van der Waals surface area contributed by atoms with Gasteiger partial charge in [0, 0.05) is 12.7 Å². The molecule has 1 amide bonds. The van der Waals surface area contributed by atoms with Gasteiger partial charge in [0.15, 0.2) is 0 Å². The van der Waals surface area contributed by atoms with Crippen LogP contribution in [0.2, 0.25) is 0 Å². The average molecular weight is 250 g/mol. The van der Waals surface area contributed by atoms with Gasteiger partial charge in [-0.3, -0.25) is 4.79 Å². The van der Waals surface area contributed by atoms with Crippen molar-refractivity contribution in [2.75, 3.05) is 19.8 Å². The number of hydrogen-bond acceptors (Lipinski definition) is 4. The summed E-state index contributed by atoms with van der Waals surface area (Å²) in [6.45, 7) is 3.50. The standard InChI is InChI=1S/C12H14N2O4/c1-8-7-18-5-4-14(8)11(15)9-2-3-10(12(16)17)13-6-9/h2-3,6,8H,4-5,7H2,1H3,(H,16,17). The minimum atomic E-state index is -1.10. The summed E-state index contributed by atoms with van der Waals surface area (Å²) in [5.74, 6) is -1.25. The number of carboxylic acid groups (broad SMARTS) is 1. The van der Waals surface area contributed by atoms with Crippen LogP contribution in [0, 0.1) is 0 Å². The maximum Gasteiger partial charge on any atom is 0.354 e. The normalized spacial score (nSPS) is 19.6. The lowest BCUT2D eigenvalue weighted by Gasteiger charge is -2.33. The van der Waals surface area contributed by atoms with Gasteiger partial charge in [0.05, 0.1) is 24.8 Å². The van der Waals surface area contributed by atoms with Gasteiger partial charge in [0.1, 0.15) is 5.69 Å². The third-order valence-corrected chi connectivity index (χ3v) is 2.86. The first-order valence-corrected chi connectivity index (χ1v) is 5.67. The van der Waals surface area contributed by atoms with E-state index < -0.39 is 5.97 Å². The van der Waals surface area contributed by atoms with E-state index in [2.05, 4.69) is 4.98 Å². The minimum absolute atomic E-state index is 0.0189. The summed E-state index contributed by atoms with van der Waals surface area (Å²) in [7, 11) is 0. The van der Waals surface area contributed by atoms with Crippen molar-refractivity contribution in [1.29, 1.82) is 0 Å². The number of hydrogen-bond donors (Lipinski definition) is 1. The molecular formula is C12H14N2O4. The molecule has 0 bridgehead atoms. The molecule has 6 nitrogen and oxygen atoms in total. The van der Waals surface area contributed by atoms with Crippen LogP contribution < -0.4 is 0 Å². The zero-order valence-corrected chi connectivity index (χ0v) is 10.00. The highest BCUT2D eigenvalue weighted by atomic mass is 16.5. The summed E-state index contributed by atoms with van der Waals surface area (Å²) in [5, 5.41) is 8.73. The van der Waals surface area contributed by atoms with Crippen molar-refractivity contribution in [3.8, 4) is 0 Å². The highest BCUT2D eigenvalue weighted by Gasteiger charge is 2.25. The summed E-state index contributed by atoms with van der Waals surface area (Å²) in [4.78, 5) is 28.3. The van der Waals surface area contributed by atoms with Gasteiger partial charge in [-0.25, -0.2) is 9.78 Å². The Labute approximate surface area is 104 Å². The van der Waals surface area contributed by atoms with Crippen LogP contribution in [-0.2, 0) is 4.74 Å². The van der Waals surface area contributed by atoms with Crippen LogP contribution in [0.1, 0.15) is 27.8 Å². The fourth-order valence-electron chi connectivity index (χ4n) is 1.84. The van der Waals surface area contributed by atoms with Crippen molar-refractivity contribution in [2.24, 2.45) is 0 Å². The summed E-state index contributed by atoms with van der Waals surface area (Å²) >= 11 is 0. The highest BCUT2D eigenvalue weighted by Crippen LogP contribution is 2.12. The molecule has 1 aliphatic rings. The molecule has 0 aliphatic carbocycles. The lowest BCUT2D eigenvalue weighted by molar-refractivity contribution is 0.00356. The molecule has 1 unspecified atom stereocenters. The number of aromatic carboxylic acids is 1. The summed E-state index contributed by atoms with van der Waals surface area (Å²) in [6.07, 6.45) is 1.30. The molecule has 1 atom stereocenters. The van der Waals surface area contributed by atoms with Crippen LogP contribution in [0.25, 0.3) is 0 Å². The summed E-state index contributed by atoms with van der Waals surface area (Å²) < 4.78 is 5.26. The topological polar surface area (TPSA) is 79.7 Å². The van der Waals surface area contributed by atoms with E-state index in [4.69, 9.17) is 9.84 Å². The monoisotopic (exact) mass is 250 g/mol. The van der Waals surface area contributed by atoms with E-state index in [0.29, 0.717) is 25.3 Å². The molecule has 2 rings (SSSR count). The first-order valence-electron chi connectivity index (χ1n) is 5.67. The Bertz CT molecular complexity index is 458. The highest BCUT2D eigenvalue weighted by molar-refractivity contribution is 5.95. The van der Waals surface area contributed by atoms with Crippen molar-refractivity contribution in [3.05, 3.63) is 29.6 Å². The van der Waals surface area contributed by atoms with Gasteiger partial charge in [-0.2, -0.15) is 0 Å². The van der Waals surface area contributed by atoms with Crippen LogP contribution >= 0.6 is 0 Å². The molecular weight excluding hydrogens is 236 g/mol. The largest absolute Gasteiger partial charge is 0.477 e. The second kappa shape index (κ2) is 5.14. The lowest BCUT2D eigenvalue weighted by Crippen LogP contribution is -2.47. The van der Waals surface area contributed by atoms with Gasteiger partial charge in [-0.05, 0) is 19.1 Å². The Hall–Kier alpha value is -1.95. The van der Waals surface area contributed by atoms with Crippen molar-refractivity contribution < 1.29 is 19.4 Å². The Kier molecular flexibility index (Phi) is 3.57. The fraction of sp³-hybridized carbons (Fsp3) is 0.417. The number of pyridine rings is 1. The number of aromatic nitrogens is 1. The van der Waals surface area contributed by atoms with Gasteiger partial charge >= 0.3 is 5.97 Å². The minimum Gasteiger partial charge on any atom is -0.477 e. The number of rotatable bonds is 2. The predicted octanol–water partition coefficient (Wildman–Crippen LogP) is 0.641. The SMILES string of the molecule is CC1COCCN1C(=O)c1ccc(C(=O)O)nc1. The van der Waals surface area contributed by atoms with E-state index in [1.54, 1.807) is 4.90 Å². The van der Waals surface area contributed by atoms with Gasteiger partial charge in [-0.15, -0.1) is 0 Å². The molecule has 1 aromatic rings. The van der Waals surface area contributed by atoms with Crippen molar-refractivity contribution in [3.63, 3.8) is 0 Å². The third-order valence-electron chi connectivity index (χ3n) is 2.86. The maximum atomic E-state index is 12.2. The summed E-state index contributed by atoms with van der Waals surface area (Å²) in [5.41, 5.74) is 0.329. The number of ether oxygens (including phenoxy) is 1. The Morgan fingerprint density at radius 2 is 2.28 bits per heavy atom. The quantitative estimate of drug-likeness (QED) is 0.833. The van der Waals surface area contributed by atoms with E-state index >= 15 is 0 Å². The molecule has 1 N–H and O–H groups in total. The molecule has 1 aromatic heterocycles. The Morgan fingerprint density at radius 1 is 1.50 bits per heavy atom. The molecule has 2 heterocycles. The van der Waals surface area contributed by atoms with Gasteiger partial charge in [0.2, 0.25) is 0 Å². The molecule has 96 valence electrons. The van der Waals surface area contributed by atoms with E-state index in [1.165, 1.54) is 18.3 Å². The van der Waals surface area contributed by atoms with Gasteiger partial charge < -0.3 is 14.7 Å². The van der Waals surface area contributed by atoms with Crippen molar-refractivity contribution >= 4 is 11.9 Å². The molecule has 6 heteroatoms. The molecule has 0 aromatic carbocycles. The molecule has 0 saturated carbocycles. The maximum absolute atomic E-state index is 12.2. The number of carbonyl (C=O) groups excluding carboxylic acids is 1. The van der Waals surface area contributed by atoms with Crippen LogP contribution in [0.5, 0.6) is 0 Å². The van der Waals surface area contributed by atoms with E-state index in [-0.39, 0.29) is 17.6 Å².